The maximum atomic E-state index is 12.5. The van der Waals surface area contributed by atoms with Crippen LogP contribution >= 0.6 is 0 Å². The smallest absolute Gasteiger partial charge is 0.279 e. The molecule has 0 spiro atoms. The van der Waals surface area contributed by atoms with Crippen LogP contribution in [0.2, 0.25) is 0 Å². The van der Waals surface area contributed by atoms with Gasteiger partial charge < -0.3 is 10.4 Å². The van der Waals surface area contributed by atoms with Gasteiger partial charge in [-0.2, -0.15) is 5.10 Å². The minimum Gasteiger partial charge on any atom is -0.383 e. The van der Waals surface area contributed by atoms with Gasteiger partial charge in [0.1, 0.15) is 11.2 Å². The highest BCUT2D eigenvalue weighted by Gasteiger charge is 2.36. The Morgan fingerprint density at radius 3 is 2.83 bits per heavy atom. The first kappa shape index (κ1) is 16.4. The molecule has 1 aromatic carbocycles. The number of aliphatic hydroxyl groups is 1. The Morgan fingerprint density at radius 1 is 1.38 bits per heavy atom. The van der Waals surface area contributed by atoms with Crippen LogP contribution in [0.4, 0.5) is 0 Å². The van der Waals surface area contributed by atoms with E-state index in [0.29, 0.717) is 17.7 Å². The van der Waals surface area contributed by atoms with Gasteiger partial charge in [0, 0.05) is 7.05 Å². The van der Waals surface area contributed by atoms with Crippen molar-refractivity contribution in [2.45, 2.75) is 32.3 Å². The first-order valence-corrected chi connectivity index (χ1v) is 7.97. The quantitative estimate of drug-likeness (QED) is 0.879. The molecule has 1 aromatic heterocycles. The lowest BCUT2D eigenvalue weighted by atomic mass is 9.96. The van der Waals surface area contributed by atoms with Crippen molar-refractivity contribution in [1.29, 1.82) is 0 Å². The number of fused-ring (bicyclic) bond motifs is 1. The van der Waals surface area contributed by atoms with Crippen LogP contribution in [0.1, 0.15) is 39.2 Å². The van der Waals surface area contributed by atoms with E-state index in [1.165, 1.54) is 7.05 Å². The van der Waals surface area contributed by atoms with E-state index in [1.54, 1.807) is 13.8 Å². The molecule has 3 rings (SSSR count). The number of carbonyl (C=O) groups is 1. The summed E-state index contributed by atoms with van der Waals surface area (Å²) in [5.41, 5.74) is 1.70. The van der Waals surface area contributed by atoms with E-state index in [9.17, 15) is 14.7 Å². The van der Waals surface area contributed by atoms with E-state index in [-0.39, 0.29) is 12.1 Å². The Kier molecular flexibility index (Phi) is 4.01. The largest absolute Gasteiger partial charge is 0.383 e. The molecule has 6 heteroatoms. The third-order valence-electron chi connectivity index (χ3n) is 4.82. The van der Waals surface area contributed by atoms with Crippen molar-refractivity contribution in [2.75, 3.05) is 6.54 Å². The average Bonchev–Trinajstić information content (AvgIpc) is 2.90. The molecule has 24 heavy (non-hydrogen) atoms. The van der Waals surface area contributed by atoms with E-state index < -0.39 is 17.1 Å². The molecule has 0 fully saturated rings. The average molecular weight is 327 g/mol. The molecule has 0 radical (unpaired) electrons. The zero-order valence-electron chi connectivity index (χ0n) is 14.1. The molecule has 1 amide bonds. The number of rotatable bonds is 3. The van der Waals surface area contributed by atoms with Crippen molar-refractivity contribution in [3.8, 4) is 0 Å². The second-order valence-corrected chi connectivity index (χ2v) is 6.39. The Morgan fingerprint density at radius 2 is 2.08 bits per heavy atom. The van der Waals surface area contributed by atoms with Crippen molar-refractivity contribution in [1.82, 2.24) is 15.1 Å². The normalized spacial score (nSPS) is 19.2. The number of benzene rings is 1. The number of amides is 1. The molecule has 0 aliphatic heterocycles. The Bertz CT molecular complexity index is 872. The fourth-order valence-corrected chi connectivity index (χ4v) is 3.28. The summed E-state index contributed by atoms with van der Waals surface area (Å²) in [7, 11) is 1.52. The van der Waals surface area contributed by atoms with Crippen molar-refractivity contribution in [2.24, 2.45) is 7.05 Å². The van der Waals surface area contributed by atoms with Gasteiger partial charge in [-0.1, -0.05) is 24.3 Å². The summed E-state index contributed by atoms with van der Waals surface area (Å²) in [6, 6.07) is 7.69. The number of carbonyl (C=O) groups excluding carboxylic acids is 1. The molecular weight excluding hydrogens is 306 g/mol. The molecule has 6 nitrogen and oxygen atoms in total. The van der Waals surface area contributed by atoms with Crippen LogP contribution in [0.5, 0.6) is 0 Å². The van der Waals surface area contributed by atoms with Gasteiger partial charge in [0.25, 0.3) is 11.5 Å². The van der Waals surface area contributed by atoms with Crippen LogP contribution in [0, 0.1) is 13.8 Å². The fourth-order valence-electron chi connectivity index (χ4n) is 3.28. The lowest BCUT2D eigenvalue weighted by Crippen LogP contribution is -2.42. The summed E-state index contributed by atoms with van der Waals surface area (Å²) in [5.74, 6) is -0.476. The molecule has 1 unspecified atom stereocenters. The molecule has 1 atom stereocenters. The molecule has 0 saturated heterocycles. The van der Waals surface area contributed by atoms with E-state index >= 15 is 0 Å². The molecule has 1 aliphatic carbocycles. The second kappa shape index (κ2) is 5.87. The van der Waals surface area contributed by atoms with Crippen LogP contribution < -0.4 is 10.9 Å². The van der Waals surface area contributed by atoms with Gasteiger partial charge in [-0.3, -0.25) is 9.59 Å². The summed E-state index contributed by atoms with van der Waals surface area (Å²) in [4.78, 5) is 24.8. The molecule has 2 N–H and O–H groups in total. The van der Waals surface area contributed by atoms with E-state index in [1.807, 2.05) is 24.3 Å². The summed E-state index contributed by atoms with van der Waals surface area (Å²) in [5, 5.41) is 17.7. The zero-order valence-corrected chi connectivity index (χ0v) is 14.1. The number of hydrogen-bond donors (Lipinski definition) is 2. The predicted octanol–water partition coefficient (Wildman–Crippen LogP) is 0.961. The standard InChI is InChI=1S/C18H21N3O3/c1-11-12(2)20-21(3)17(23)15(11)16(22)19-10-18(24)9-8-13-6-4-5-7-14(13)18/h4-7,24H,8-10H2,1-3H3,(H,19,22). The van der Waals surface area contributed by atoms with Crippen LogP contribution in [0.3, 0.4) is 0 Å². The lowest BCUT2D eigenvalue weighted by Gasteiger charge is -2.24. The van der Waals surface area contributed by atoms with Crippen LogP contribution in [-0.2, 0) is 19.1 Å². The molecule has 0 bridgehead atoms. The van der Waals surface area contributed by atoms with Gasteiger partial charge in [0.15, 0.2) is 0 Å². The monoisotopic (exact) mass is 327 g/mol. The number of nitrogens with zero attached hydrogens (tertiary/aromatic N) is 2. The first-order valence-electron chi connectivity index (χ1n) is 7.97. The molecule has 1 aliphatic rings. The summed E-state index contributed by atoms with van der Waals surface area (Å²) >= 11 is 0. The maximum Gasteiger partial charge on any atom is 0.279 e. The van der Waals surface area contributed by atoms with E-state index in [4.69, 9.17) is 0 Å². The topological polar surface area (TPSA) is 84.2 Å². The number of hydrogen-bond acceptors (Lipinski definition) is 4. The van der Waals surface area contributed by atoms with Crippen molar-refractivity contribution in [3.63, 3.8) is 0 Å². The number of aryl methyl sites for hydroxylation is 3. The van der Waals surface area contributed by atoms with Crippen LogP contribution in [0.25, 0.3) is 0 Å². The number of aromatic nitrogens is 2. The van der Waals surface area contributed by atoms with Gasteiger partial charge in [-0.25, -0.2) is 4.68 Å². The third-order valence-corrected chi connectivity index (χ3v) is 4.82. The maximum absolute atomic E-state index is 12.5. The lowest BCUT2D eigenvalue weighted by molar-refractivity contribution is 0.0369. The Labute approximate surface area is 140 Å². The highest BCUT2D eigenvalue weighted by Crippen LogP contribution is 2.36. The molecule has 0 saturated carbocycles. The van der Waals surface area contributed by atoms with Gasteiger partial charge in [-0.05, 0) is 43.4 Å². The van der Waals surface area contributed by atoms with Crippen LogP contribution in [-0.4, -0.2) is 27.3 Å². The summed E-state index contributed by atoms with van der Waals surface area (Å²) in [6.07, 6.45) is 1.33. The van der Waals surface area contributed by atoms with Gasteiger partial charge in [0.05, 0.1) is 12.2 Å². The molecule has 126 valence electrons. The minimum atomic E-state index is -1.09. The fraction of sp³-hybridized carbons (Fsp3) is 0.389. The minimum absolute atomic E-state index is 0.0762. The summed E-state index contributed by atoms with van der Waals surface area (Å²) < 4.78 is 1.16. The van der Waals surface area contributed by atoms with E-state index in [0.717, 1.165) is 22.2 Å². The van der Waals surface area contributed by atoms with E-state index in [2.05, 4.69) is 10.4 Å². The zero-order chi connectivity index (χ0) is 17.5. The van der Waals surface area contributed by atoms with Gasteiger partial charge >= 0.3 is 0 Å². The van der Waals surface area contributed by atoms with Gasteiger partial charge in [0.2, 0.25) is 0 Å². The molecule has 1 heterocycles. The van der Waals surface area contributed by atoms with Crippen molar-refractivity contribution in [3.05, 3.63) is 62.6 Å². The Balaban J connectivity index is 1.84. The second-order valence-electron chi connectivity index (χ2n) is 6.39. The number of nitrogens with one attached hydrogen (secondary N) is 1. The molecular formula is C18H21N3O3. The Hall–Kier alpha value is -2.47. The van der Waals surface area contributed by atoms with Crippen molar-refractivity contribution >= 4 is 5.91 Å². The van der Waals surface area contributed by atoms with Crippen molar-refractivity contribution < 1.29 is 9.90 Å². The van der Waals surface area contributed by atoms with Crippen LogP contribution in [0.15, 0.2) is 29.1 Å². The first-order chi connectivity index (χ1) is 11.3. The predicted molar refractivity (Wildman–Crippen MR) is 89.9 cm³/mol. The molecule has 2 aromatic rings. The summed E-state index contributed by atoms with van der Waals surface area (Å²) in [6.45, 7) is 3.54. The highest BCUT2D eigenvalue weighted by molar-refractivity contribution is 5.95. The SMILES string of the molecule is Cc1nn(C)c(=O)c(C(=O)NCC2(O)CCc3ccccc32)c1C. The highest BCUT2D eigenvalue weighted by atomic mass is 16.3. The van der Waals surface area contributed by atoms with Gasteiger partial charge in [-0.15, -0.1) is 0 Å². The third kappa shape index (κ3) is 2.63.